The fraction of sp³-hybridized carbons (Fsp3) is 0.533. The summed E-state index contributed by atoms with van der Waals surface area (Å²) in [4.78, 5) is 14.7. The van der Waals surface area contributed by atoms with Crippen molar-refractivity contribution in [2.24, 2.45) is 10.9 Å². The van der Waals surface area contributed by atoms with E-state index < -0.39 is 4.92 Å². The highest BCUT2D eigenvalue weighted by Crippen LogP contribution is 2.12. The molecule has 0 amide bonds. The fourth-order valence-electron chi connectivity index (χ4n) is 1.62. The number of nitro benzene ring substituents is 1. The molecule has 0 fully saturated rings. The zero-order valence-corrected chi connectivity index (χ0v) is 13.1. The monoisotopic (exact) mass is 292 g/mol. The van der Waals surface area contributed by atoms with Crippen LogP contribution in [0.4, 0.5) is 5.69 Å². The molecule has 1 aromatic carbocycles. The van der Waals surface area contributed by atoms with E-state index >= 15 is 0 Å². The topological polar surface area (TPSA) is 79.6 Å². The summed E-state index contributed by atoms with van der Waals surface area (Å²) in [5.74, 6) is 1.29. The lowest BCUT2D eigenvalue weighted by molar-refractivity contribution is -0.384. The highest BCUT2D eigenvalue weighted by molar-refractivity contribution is 5.80. The van der Waals surface area contributed by atoms with Crippen LogP contribution in [-0.4, -0.2) is 23.5 Å². The van der Waals surface area contributed by atoms with E-state index in [1.807, 2.05) is 0 Å². The van der Waals surface area contributed by atoms with Gasteiger partial charge in [0.1, 0.15) is 0 Å². The molecule has 0 spiro atoms. The lowest BCUT2D eigenvalue weighted by atomic mass is 10.2. The molecule has 0 atom stereocenters. The average Bonchev–Trinajstić information content (AvgIpc) is 2.41. The van der Waals surface area contributed by atoms with Gasteiger partial charge in [0, 0.05) is 24.7 Å². The molecule has 0 radical (unpaired) electrons. The summed E-state index contributed by atoms with van der Waals surface area (Å²) < 4.78 is 0. The van der Waals surface area contributed by atoms with Crippen LogP contribution in [0.5, 0.6) is 0 Å². The molecular formula is C15H24N4O2. The van der Waals surface area contributed by atoms with E-state index in [0.717, 1.165) is 18.1 Å². The third-order valence-electron chi connectivity index (χ3n) is 2.67. The van der Waals surface area contributed by atoms with Gasteiger partial charge in [0.2, 0.25) is 0 Å². The Morgan fingerprint density at radius 1 is 1.24 bits per heavy atom. The second kappa shape index (κ2) is 8.24. The molecule has 116 valence electrons. The highest BCUT2D eigenvalue weighted by atomic mass is 16.6. The van der Waals surface area contributed by atoms with E-state index in [9.17, 15) is 10.1 Å². The molecule has 0 bridgehead atoms. The van der Waals surface area contributed by atoms with Gasteiger partial charge >= 0.3 is 0 Å². The summed E-state index contributed by atoms with van der Waals surface area (Å²) in [5, 5.41) is 17.2. The molecule has 2 N–H and O–H groups in total. The van der Waals surface area contributed by atoms with Gasteiger partial charge in [0.25, 0.3) is 5.69 Å². The maximum Gasteiger partial charge on any atom is 0.269 e. The number of hydrogen-bond donors (Lipinski definition) is 2. The number of benzene rings is 1. The molecule has 0 heterocycles. The lowest BCUT2D eigenvalue weighted by Crippen LogP contribution is -2.42. The van der Waals surface area contributed by atoms with Crippen LogP contribution in [-0.2, 0) is 6.54 Å². The van der Waals surface area contributed by atoms with Crippen molar-refractivity contribution in [2.75, 3.05) is 6.54 Å². The Kier molecular flexibility index (Phi) is 6.65. The molecule has 0 aliphatic heterocycles. The predicted octanol–water partition coefficient (Wildman–Crippen LogP) is 2.69. The molecule has 0 aromatic heterocycles. The van der Waals surface area contributed by atoms with Crippen molar-refractivity contribution in [3.05, 3.63) is 39.9 Å². The van der Waals surface area contributed by atoms with Crippen LogP contribution >= 0.6 is 0 Å². The molecule has 0 aliphatic carbocycles. The van der Waals surface area contributed by atoms with Gasteiger partial charge in [-0.3, -0.25) is 10.1 Å². The Bertz CT molecular complexity index is 481. The number of nitro groups is 1. The third-order valence-corrected chi connectivity index (χ3v) is 2.67. The molecule has 1 rings (SSSR count). The van der Waals surface area contributed by atoms with Crippen LogP contribution in [0.15, 0.2) is 29.3 Å². The zero-order valence-electron chi connectivity index (χ0n) is 13.1. The Balaban J connectivity index is 2.68. The lowest BCUT2D eigenvalue weighted by Gasteiger charge is -2.16. The maximum atomic E-state index is 10.6. The van der Waals surface area contributed by atoms with Crippen molar-refractivity contribution in [3.8, 4) is 0 Å². The van der Waals surface area contributed by atoms with E-state index in [4.69, 9.17) is 0 Å². The minimum atomic E-state index is -0.400. The summed E-state index contributed by atoms with van der Waals surface area (Å²) in [6, 6.07) is 6.76. The van der Waals surface area contributed by atoms with Crippen LogP contribution in [0.3, 0.4) is 0 Å². The van der Waals surface area contributed by atoms with Crippen LogP contribution in [0.2, 0.25) is 0 Å². The van der Waals surface area contributed by atoms with Gasteiger partial charge < -0.3 is 10.6 Å². The Morgan fingerprint density at radius 3 is 2.33 bits per heavy atom. The molecular weight excluding hydrogens is 268 g/mol. The minimum Gasteiger partial charge on any atom is -0.356 e. The van der Waals surface area contributed by atoms with E-state index in [2.05, 4.69) is 43.3 Å². The number of nitrogens with one attached hydrogen (secondary N) is 2. The average molecular weight is 292 g/mol. The normalized spacial score (nSPS) is 11.8. The first-order valence-corrected chi connectivity index (χ1v) is 7.16. The van der Waals surface area contributed by atoms with E-state index in [0.29, 0.717) is 18.5 Å². The summed E-state index contributed by atoms with van der Waals surface area (Å²) in [6.07, 6.45) is 0. The SMILES string of the molecule is CC(C)CNC(=NCc1ccc([N+](=O)[O-])cc1)NC(C)C. The van der Waals surface area contributed by atoms with Gasteiger partial charge in [-0.25, -0.2) is 4.99 Å². The number of hydrogen-bond acceptors (Lipinski definition) is 3. The minimum absolute atomic E-state index is 0.0983. The van der Waals surface area contributed by atoms with E-state index in [1.54, 1.807) is 12.1 Å². The van der Waals surface area contributed by atoms with Gasteiger partial charge in [-0.2, -0.15) is 0 Å². The second-order valence-corrected chi connectivity index (χ2v) is 5.66. The molecule has 1 aromatic rings. The summed E-state index contributed by atoms with van der Waals surface area (Å²) in [5.41, 5.74) is 1.04. The first-order chi connectivity index (χ1) is 9.88. The largest absolute Gasteiger partial charge is 0.356 e. The van der Waals surface area contributed by atoms with E-state index in [1.165, 1.54) is 12.1 Å². The van der Waals surface area contributed by atoms with Crippen molar-refractivity contribution >= 4 is 11.6 Å². The van der Waals surface area contributed by atoms with Crippen molar-refractivity contribution < 1.29 is 4.92 Å². The molecule has 6 nitrogen and oxygen atoms in total. The van der Waals surface area contributed by atoms with Crippen LogP contribution in [0.1, 0.15) is 33.3 Å². The number of aliphatic imine (C=N–C) groups is 1. The van der Waals surface area contributed by atoms with Gasteiger partial charge in [0.05, 0.1) is 11.5 Å². The quantitative estimate of drug-likeness (QED) is 0.366. The number of guanidine groups is 1. The molecule has 0 saturated heterocycles. The summed E-state index contributed by atoms with van der Waals surface area (Å²) in [6.45, 7) is 9.71. The van der Waals surface area contributed by atoms with Gasteiger partial charge in [0.15, 0.2) is 5.96 Å². The zero-order chi connectivity index (χ0) is 15.8. The van der Waals surface area contributed by atoms with Gasteiger partial charge in [-0.05, 0) is 25.3 Å². The van der Waals surface area contributed by atoms with Crippen molar-refractivity contribution in [1.82, 2.24) is 10.6 Å². The number of non-ortho nitro benzene ring substituents is 1. The molecule has 6 heteroatoms. The standard InChI is InChI=1S/C15H24N4O2/c1-11(2)9-16-15(18-12(3)4)17-10-13-5-7-14(8-6-13)19(20)21/h5-8,11-12H,9-10H2,1-4H3,(H2,16,17,18). The van der Waals surface area contributed by atoms with Gasteiger partial charge in [-0.1, -0.05) is 26.0 Å². The first kappa shape index (κ1) is 16.9. The molecule has 0 unspecified atom stereocenters. The predicted molar refractivity (Wildman–Crippen MR) is 85.3 cm³/mol. The summed E-state index contributed by atoms with van der Waals surface area (Å²) in [7, 11) is 0. The third kappa shape index (κ3) is 6.74. The van der Waals surface area contributed by atoms with E-state index in [-0.39, 0.29) is 5.69 Å². The Morgan fingerprint density at radius 2 is 1.86 bits per heavy atom. The maximum absolute atomic E-state index is 10.6. The van der Waals surface area contributed by atoms with Crippen molar-refractivity contribution in [1.29, 1.82) is 0 Å². The number of rotatable bonds is 6. The van der Waals surface area contributed by atoms with Gasteiger partial charge in [-0.15, -0.1) is 0 Å². The smallest absolute Gasteiger partial charge is 0.269 e. The van der Waals surface area contributed by atoms with Crippen LogP contribution in [0, 0.1) is 16.0 Å². The van der Waals surface area contributed by atoms with Crippen molar-refractivity contribution in [2.45, 2.75) is 40.3 Å². The Hall–Kier alpha value is -2.11. The molecule has 0 aliphatic rings. The second-order valence-electron chi connectivity index (χ2n) is 5.66. The first-order valence-electron chi connectivity index (χ1n) is 7.16. The highest BCUT2D eigenvalue weighted by Gasteiger charge is 2.05. The molecule has 21 heavy (non-hydrogen) atoms. The van der Waals surface area contributed by atoms with Crippen molar-refractivity contribution in [3.63, 3.8) is 0 Å². The van der Waals surface area contributed by atoms with Crippen LogP contribution in [0.25, 0.3) is 0 Å². The number of nitrogens with zero attached hydrogens (tertiary/aromatic N) is 2. The van der Waals surface area contributed by atoms with Crippen LogP contribution < -0.4 is 10.6 Å². The Labute approximate surface area is 125 Å². The molecule has 0 saturated carbocycles. The summed E-state index contributed by atoms with van der Waals surface area (Å²) >= 11 is 0. The fourth-order valence-corrected chi connectivity index (χ4v) is 1.62.